The maximum Gasteiger partial charge on any atom is 0.251 e. The van der Waals surface area contributed by atoms with Gasteiger partial charge in [0.05, 0.1) is 19.8 Å². The van der Waals surface area contributed by atoms with Crippen LogP contribution >= 0.6 is 0 Å². The van der Waals surface area contributed by atoms with Gasteiger partial charge in [-0.2, -0.15) is 0 Å². The Bertz CT molecular complexity index is 529. The van der Waals surface area contributed by atoms with Crippen molar-refractivity contribution in [2.45, 2.75) is 40.2 Å². The Balaban J connectivity index is 2.73. The maximum atomic E-state index is 12.1. The van der Waals surface area contributed by atoms with Gasteiger partial charge in [0.25, 0.3) is 5.91 Å². The zero-order valence-electron chi connectivity index (χ0n) is 14.3. The second-order valence-corrected chi connectivity index (χ2v) is 5.35. The third-order valence-corrected chi connectivity index (χ3v) is 2.83. The van der Waals surface area contributed by atoms with Gasteiger partial charge in [0.1, 0.15) is 0 Å². The van der Waals surface area contributed by atoms with E-state index in [4.69, 9.17) is 9.47 Å². The predicted molar refractivity (Wildman–Crippen MR) is 89.0 cm³/mol. The van der Waals surface area contributed by atoms with Crippen LogP contribution in [0, 0.1) is 0 Å². The highest BCUT2D eigenvalue weighted by molar-refractivity contribution is 5.97. The monoisotopic (exact) mass is 322 g/mol. The molecule has 0 saturated carbocycles. The molecule has 0 aliphatic carbocycles. The number of amides is 2. The van der Waals surface area contributed by atoms with Gasteiger partial charge in [-0.25, -0.2) is 0 Å². The van der Waals surface area contributed by atoms with Crippen LogP contribution in [0.15, 0.2) is 18.2 Å². The van der Waals surface area contributed by atoms with E-state index in [1.807, 2.05) is 27.7 Å². The first-order valence-electron chi connectivity index (χ1n) is 7.95. The van der Waals surface area contributed by atoms with Gasteiger partial charge in [-0.3, -0.25) is 9.59 Å². The lowest BCUT2D eigenvalue weighted by atomic mass is 10.2. The molecular weight excluding hydrogens is 296 g/mol. The highest BCUT2D eigenvalue weighted by atomic mass is 16.5. The molecular formula is C17H26N2O4. The van der Waals surface area contributed by atoms with Gasteiger partial charge in [0.15, 0.2) is 11.5 Å². The first kappa shape index (κ1) is 18.8. The summed E-state index contributed by atoms with van der Waals surface area (Å²) >= 11 is 0. The molecule has 0 unspecified atom stereocenters. The Morgan fingerprint density at radius 1 is 1.13 bits per heavy atom. The largest absolute Gasteiger partial charge is 0.490 e. The summed E-state index contributed by atoms with van der Waals surface area (Å²) in [7, 11) is 0. The fraction of sp³-hybridized carbons (Fsp3) is 0.529. The van der Waals surface area contributed by atoms with E-state index in [-0.39, 0.29) is 24.4 Å². The van der Waals surface area contributed by atoms with Gasteiger partial charge >= 0.3 is 0 Å². The minimum atomic E-state index is -0.327. The van der Waals surface area contributed by atoms with Gasteiger partial charge in [0.2, 0.25) is 5.91 Å². The SMILES string of the molecule is CCCOc1ccc(C(=O)NCC(=O)NC(C)C)cc1OCC. The van der Waals surface area contributed by atoms with Gasteiger partial charge in [0, 0.05) is 11.6 Å². The number of benzene rings is 1. The molecule has 0 bridgehead atoms. The fourth-order valence-corrected chi connectivity index (χ4v) is 1.88. The highest BCUT2D eigenvalue weighted by Crippen LogP contribution is 2.28. The zero-order chi connectivity index (χ0) is 17.2. The summed E-state index contributed by atoms with van der Waals surface area (Å²) < 4.78 is 11.1. The van der Waals surface area contributed by atoms with Crippen molar-refractivity contribution in [3.05, 3.63) is 23.8 Å². The molecule has 1 aromatic rings. The third kappa shape index (κ3) is 6.59. The Morgan fingerprint density at radius 3 is 2.48 bits per heavy atom. The molecule has 0 fully saturated rings. The number of carbonyl (C=O) groups is 2. The lowest BCUT2D eigenvalue weighted by molar-refractivity contribution is -0.120. The summed E-state index contributed by atoms with van der Waals surface area (Å²) in [6.45, 7) is 8.61. The molecule has 0 saturated heterocycles. The van der Waals surface area contributed by atoms with E-state index in [1.165, 1.54) is 0 Å². The van der Waals surface area contributed by atoms with Crippen molar-refractivity contribution in [3.8, 4) is 11.5 Å². The Hall–Kier alpha value is -2.24. The van der Waals surface area contributed by atoms with E-state index < -0.39 is 0 Å². The number of hydrogen-bond donors (Lipinski definition) is 2. The minimum absolute atomic E-state index is 0.0407. The molecule has 23 heavy (non-hydrogen) atoms. The molecule has 0 spiro atoms. The molecule has 6 nitrogen and oxygen atoms in total. The van der Waals surface area contributed by atoms with Crippen LogP contribution in [0.1, 0.15) is 44.5 Å². The van der Waals surface area contributed by atoms with Crippen LogP contribution in [0.3, 0.4) is 0 Å². The van der Waals surface area contributed by atoms with Crippen LogP contribution in [0.25, 0.3) is 0 Å². The number of nitrogens with one attached hydrogen (secondary N) is 2. The molecule has 0 aliphatic heterocycles. The topological polar surface area (TPSA) is 76.7 Å². The normalized spacial score (nSPS) is 10.3. The lowest BCUT2D eigenvalue weighted by Crippen LogP contribution is -2.39. The van der Waals surface area contributed by atoms with Crippen LogP contribution in [0.2, 0.25) is 0 Å². The molecule has 128 valence electrons. The quantitative estimate of drug-likeness (QED) is 0.730. The van der Waals surface area contributed by atoms with Gasteiger partial charge in [-0.1, -0.05) is 6.92 Å². The smallest absolute Gasteiger partial charge is 0.251 e. The van der Waals surface area contributed by atoms with Gasteiger partial charge in [-0.15, -0.1) is 0 Å². The summed E-state index contributed by atoms with van der Waals surface area (Å²) in [6, 6.07) is 5.04. The van der Waals surface area contributed by atoms with Crippen molar-refractivity contribution in [1.82, 2.24) is 10.6 Å². The molecule has 0 radical (unpaired) electrons. The standard InChI is InChI=1S/C17H26N2O4/c1-5-9-23-14-8-7-13(10-15(14)22-6-2)17(21)18-11-16(20)19-12(3)4/h7-8,10,12H,5-6,9,11H2,1-4H3,(H,18,21)(H,19,20). The van der Waals surface area contributed by atoms with E-state index in [2.05, 4.69) is 10.6 Å². The Labute approximate surface area is 137 Å². The molecule has 2 amide bonds. The number of carbonyl (C=O) groups excluding carboxylic acids is 2. The van der Waals surface area contributed by atoms with E-state index >= 15 is 0 Å². The van der Waals surface area contributed by atoms with Crippen LogP contribution in [-0.2, 0) is 4.79 Å². The van der Waals surface area contributed by atoms with Crippen LogP contribution in [-0.4, -0.2) is 37.6 Å². The number of rotatable bonds is 9. The summed E-state index contributed by atoms with van der Waals surface area (Å²) in [4.78, 5) is 23.7. The van der Waals surface area contributed by atoms with E-state index in [0.29, 0.717) is 30.3 Å². The second kappa shape index (κ2) is 9.71. The molecule has 1 aromatic carbocycles. The maximum absolute atomic E-state index is 12.1. The number of hydrogen-bond acceptors (Lipinski definition) is 4. The summed E-state index contributed by atoms with van der Waals surface area (Å²) in [5.74, 6) is 0.594. The Morgan fingerprint density at radius 2 is 1.87 bits per heavy atom. The molecule has 0 atom stereocenters. The van der Waals surface area contributed by atoms with Crippen molar-refractivity contribution >= 4 is 11.8 Å². The number of ether oxygens (including phenoxy) is 2. The van der Waals surface area contributed by atoms with Gasteiger partial charge < -0.3 is 20.1 Å². The molecule has 0 aromatic heterocycles. The summed E-state index contributed by atoms with van der Waals surface area (Å²) in [6.07, 6.45) is 0.888. The molecule has 0 heterocycles. The average molecular weight is 322 g/mol. The van der Waals surface area contributed by atoms with Crippen LogP contribution < -0.4 is 20.1 Å². The predicted octanol–water partition coefficient (Wildman–Crippen LogP) is 2.13. The first-order chi connectivity index (χ1) is 11.0. The zero-order valence-corrected chi connectivity index (χ0v) is 14.3. The summed E-state index contributed by atoms with van der Waals surface area (Å²) in [5.41, 5.74) is 0.426. The van der Waals surface area contributed by atoms with Crippen molar-refractivity contribution in [1.29, 1.82) is 0 Å². The van der Waals surface area contributed by atoms with Crippen molar-refractivity contribution < 1.29 is 19.1 Å². The highest BCUT2D eigenvalue weighted by Gasteiger charge is 2.13. The fourth-order valence-electron chi connectivity index (χ4n) is 1.88. The molecule has 6 heteroatoms. The second-order valence-electron chi connectivity index (χ2n) is 5.35. The lowest BCUT2D eigenvalue weighted by Gasteiger charge is -2.13. The minimum Gasteiger partial charge on any atom is -0.490 e. The van der Waals surface area contributed by atoms with Crippen molar-refractivity contribution in [3.63, 3.8) is 0 Å². The molecule has 1 rings (SSSR count). The van der Waals surface area contributed by atoms with E-state index in [0.717, 1.165) is 6.42 Å². The Kier molecular flexibility index (Phi) is 7.94. The third-order valence-electron chi connectivity index (χ3n) is 2.83. The van der Waals surface area contributed by atoms with E-state index in [1.54, 1.807) is 18.2 Å². The average Bonchev–Trinajstić information content (AvgIpc) is 2.51. The van der Waals surface area contributed by atoms with Crippen LogP contribution in [0.5, 0.6) is 11.5 Å². The van der Waals surface area contributed by atoms with E-state index in [9.17, 15) is 9.59 Å². The first-order valence-corrected chi connectivity index (χ1v) is 7.95. The molecule has 0 aliphatic rings. The van der Waals surface area contributed by atoms with Crippen LogP contribution in [0.4, 0.5) is 0 Å². The van der Waals surface area contributed by atoms with Crippen molar-refractivity contribution in [2.24, 2.45) is 0 Å². The van der Waals surface area contributed by atoms with Gasteiger partial charge in [-0.05, 0) is 45.4 Å². The molecule has 2 N–H and O–H groups in total. The summed E-state index contributed by atoms with van der Waals surface area (Å²) in [5, 5.41) is 5.30. The van der Waals surface area contributed by atoms with Crippen molar-refractivity contribution in [2.75, 3.05) is 19.8 Å².